The lowest BCUT2D eigenvalue weighted by molar-refractivity contribution is -0.143. The Labute approximate surface area is 170 Å². The van der Waals surface area contributed by atoms with Crippen molar-refractivity contribution in [1.82, 2.24) is 5.16 Å². The molecule has 1 N–H and O–H groups in total. The van der Waals surface area contributed by atoms with E-state index in [4.69, 9.17) is 16.1 Å². The molecule has 1 heterocycles. The second kappa shape index (κ2) is 7.67. The van der Waals surface area contributed by atoms with Gasteiger partial charge in [0.1, 0.15) is 17.0 Å². The zero-order chi connectivity index (χ0) is 22.3. The van der Waals surface area contributed by atoms with Gasteiger partial charge in [-0.3, -0.25) is 4.79 Å². The van der Waals surface area contributed by atoms with Crippen molar-refractivity contribution >= 4 is 23.2 Å². The van der Waals surface area contributed by atoms with E-state index in [1.54, 1.807) is 12.1 Å². The third kappa shape index (κ3) is 4.43. The van der Waals surface area contributed by atoms with Crippen molar-refractivity contribution in [3.63, 3.8) is 0 Å². The Morgan fingerprint density at radius 3 is 2.10 bits per heavy atom. The summed E-state index contributed by atoms with van der Waals surface area (Å²) in [6.07, 6.45) is -10.1. The SMILES string of the molecule is Cc1onc(-c2ccccc2Cl)c1C(=O)Nc1cc(C(F)(F)F)cc(C(F)(F)F)c1. The molecule has 11 heteroatoms. The quantitative estimate of drug-likeness (QED) is 0.460. The number of aromatic nitrogens is 1. The van der Waals surface area contributed by atoms with Crippen molar-refractivity contribution in [2.24, 2.45) is 0 Å². The first-order valence-electron chi connectivity index (χ1n) is 8.20. The van der Waals surface area contributed by atoms with Crippen LogP contribution in [-0.4, -0.2) is 11.1 Å². The number of amides is 1. The van der Waals surface area contributed by atoms with Crippen LogP contribution in [0.2, 0.25) is 5.02 Å². The minimum Gasteiger partial charge on any atom is -0.360 e. The molecule has 3 rings (SSSR count). The predicted molar refractivity (Wildman–Crippen MR) is 96.1 cm³/mol. The zero-order valence-corrected chi connectivity index (χ0v) is 15.7. The van der Waals surface area contributed by atoms with E-state index in [2.05, 4.69) is 10.5 Å². The van der Waals surface area contributed by atoms with Gasteiger partial charge < -0.3 is 9.84 Å². The van der Waals surface area contributed by atoms with Gasteiger partial charge in [-0.15, -0.1) is 0 Å². The highest BCUT2D eigenvalue weighted by molar-refractivity contribution is 6.33. The Bertz CT molecular complexity index is 1070. The summed E-state index contributed by atoms with van der Waals surface area (Å²) in [6, 6.07) is 7.06. The average Bonchev–Trinajstić information content (AvgIpc) is 3.02. The number of aryl methyl sites for hydroxylation is 1. The highest BCUT2D eigenvalue weighted by Gasteiger charge is 2.37. The molecular weight excluding hydrogens is 438 g/mol. The molecule has 2 aromatic carbocycles. The van der Waals surface area contributed by atoms with Crippen LogP contribution >= 0.6 is 11.6 Å². The molecule has 0 bridgehead atoms. The van der Waals surface area contributed by atoms with E-state index in [1.807, 2.05) is 0 Å². The minimum absolute atomic E-state index is 0.00128. The maximum atomic E-state index is 13.0. The normalized spacial score (nSPS) is 12.1. The lowest BCUT2D eigenvalue weighted by Crippen LogP contribution is -2.16. The Balaban J connectivity index is 2.04. The number of anilines is 1. The number of benzene rings is 2. The summed E-state index contributed by atoms with van der Waals surface area (Å²) in [5.41, 5.74) is -3.66. The maximum absolute atomic E-state index is 13.0. The van der Waals surface area contributed by atoms with Crippen LogP contribution < -0.4 is 5.32 Å². The van der Waals surface area contributed by atoms with Crippen molar-refractivity contribution in [2.45, 2.75) is 19.3 Å². The summed E-state index contributed by atoms with van der Waals surface area (Å²) in [5, 5.41) is 6.02. The van der Waals surface area contributed by atoms with E-state index in [-0.39, 0.29) is 28.1 Å². The van der Waals surface area contributed by atoms with Crippen molar-refractivity contribution in [3.05, 3.63) is 69.9 Å². The molecule has 0 aliphatic heterocycles. The fraction of sp³-hybridized carbons (Fsp3) is 0.158. The van der Waals surface area contributed by atoms with Gasteiger partial charge in [0.25, 0.3) is 5.91 Å². The van der Waals surface area contributed by atoms with Crippen molar-refractivity contribution < 1.29 is 35.7 Å². The number of nitrogens with zero attached hydrogens (tertiary/aromatic N) is 1. The predicted octanol–water partition coefficient (Wildman–Crippen LogP) is 6.59. The third-order valence-corrected chi connectivity index (χ3v) is 4.39. The molecule has 0 saturated carbocycles. The average molecular weight is 449 g/mol. The lowest BCUT2D eigenvalue weighted by Gasteiger charge is -2.15. The van der Waals surface area contributed by atoms with Gasteiger partial charge in [-0.05, 0) is 31.2 Å². The summed E-state index contributed by atoms with van der Waals surface area (Å²) in [4.78, 5) is 12.7. The van der Waals surface area contributed by atoms with Crippen LogP contribution in [0.3, 0.4) is 0 Å². The van der Waals surface area contributed by atoms with E-state index in [0.29, 0.717) is 17.7 Å². The van der Waals surface area contributed by atoms with Gasteiger partial charge in [-0.1, -0.05) is 35.0 Å². The summed E-state index contributed by atoms with van der Waals surface area (Å²) in [7, 11) is 0. The van der Waals surface area contributed by atoms with E-state index < -0.39 is 35.1 Å². The van der Waals surface area contributed by atoms with Crippen molar-refractivity contribution in [1.29, 1.82) is 0 Å². The number of hydrogen-bond donors (Lipinski definition) is 1. The first kappa shape index (κ1) is 21.7. The van der Waals surface area contributed by atoms with E-state index in [9.17, 15) is 31.1 Å². The number of carbonyl (C=O) groups excluding carboxylic acids is 1. The molecule has 3 aromatic rings. The monoisotopic (exact) mass is 448 g/mol. The van der Waals surface area contributed by atoms with Gasteiger partial charge in [0, 0.05) is 11.3 Å². The largest absolute Gasteiger partial charge is 0.416 e. The summed E-state index contributed by atoms with van der Waals surface area (Å²) in [5.74, 6) is -0.999. The number of hydrogen-bond acceptors (Lipinski definition) is 3. The molecule has 0 radical (unpaired) electrons. The molecule has 158 valence electrons. The molecule has 0 saturated heterocycles. The van der Waals surface area contributed by atoms with Crippen molar-refractivity contribution in [2.75, 3.05) is 5.32 Å². The second-order valence-corrected chi connectivity index (χ2v) is 6.60. The number of halogens is 7. The highest BCUT2D eigenvalue weighted by atomic mass is 35.5. The van der Waals surface area contributed by atoms with Gasteiger partial charge in [-0.25, -0.2) is 0 Å². The van der Waals surface area contributed by atoms with Gasteiger partial charge in [-0.2, -0.15) is 26.3 Å². The van der Waals surface area contributed by atoms with Gasteiger partial charge in [0.05, 0.1) is 16.1 Å². The van der Waals surface area contributed by atoms with Crippen LogP contribution in [-0.2, 0) is 12.4 Å². The van der Waals surface area contributed by atoms with Crippen LogP contribution in [0.1, 0.15) is 27.2 Å². The van der Waals surface area contributed by atoms with Crippen LogP contribution in [0.5, 0.6) is 0 Å². The van der Waals surface area contributed by atoms with Gasteiger partial charge in [0.15, 0.2) is 0 Å². The third-order valence-electron chi connectivity index (χ3n) is 4.06. The molecule has 4 nitrogen and oxygen atoms in total. The number of nitrogens with one attached hydrogen (secondary N) is 1. The molecule has 0 atom stereocenters. The van der Waals surface area contributed by atoms with Gasteiger partial charge >= 0.3 is 12.4 Å². The number of carbonyl (C=O) groups is 1. The topological polar surface area (TPSA) is 55.1 Å². The van der Waals surface area contributed by atoms with Crippen LogP contribution in [0.4, 0.5) is 32.0 Å². The Kier molecular flexibility index (Phi) is 5.55. The number of rotatable bonds is 3. The van der Waals surface area contributed by atoms with E-state index in [0.717, 1.165) is 0 Å². The van der Waals surface area contributed by atoms with Crippen molar-refractivity contribution in [3.8, 4) is 11.3 Å². The first-order valence-corrected chi connectivity index (χ1v) is 8.57. The Morgan fingerprint density at radius 1 is 1.00 bits per heavy atom. The highest BCUT2D eigenvalue weighted by Crippen LogP contribution is 2.38. The summed E-state index contributed by atoms with van der Waals surface area (Å²) >= 11 is 6.08. The second-order valence-electron chi connectivity index (χ2n) is 6.19. The van der Waals surface area contributed by atoms with Crippen LogP contribution in [0.25, 0.3) is 11.3 Å². The molecule has 0 aliphatic rings. The van der Waals surface area contributed by atoms with Gasteiger partial charge in [0.2, 0.25) is 0 Å². The molecule has 0 spiro atoms. The van der Waals surface area contributed by atoms with E-state index in [1.165, 1.54) is 19.1 Å². The standard InChI is InChI=1S/C19H11ClF6N2O2/c1-9-15(16(28-30-9)13-4-2-3-5-14(13)20)17(29)27-12-7-10(18(21,22)23)6-11(8-12)19(24,25)26/h2-8H,1H3,(H,27,29). The smallest absolute Gasteiger partial charge is 0.360 e. The Hall–Kier alpha value is -3.01. The zero-order valence-electron chi connectivity index (χ0n) is 15.0. The first-order chi connectivity index (χ1) is 13.9. The van der Waals surface area contributed by atoms with E-state index >= 15 is 0 Å². The molecule has 1 amide bonds. The molecular formula is C19H11ClF6N2O2. The molecule has 1 aromatic heterocycles. The molecule has 0 unspecified atom stereocenters. The fourth-order valence-corrected chi connectivity index (χ4v) is 2.92. The lowest BCUT2D eigenvalue weighted by atomic mass is 10.0. The summed E-state index contributed by atoms with van der Waals surface area (Å²) < 4.78 is 83.1. The summed E-state index contributed by atoms with van der Waals surface area (Å²) in [6.45, 7) is 1.37. The van der Waals surface area contributed by atoms with Crippen LogP contribution in [0, 0.1) is 6.92 Å². The Morgan fingerprint density at radius 2 is 1.57 bits per heavy atom. The molecule has 0 fully saturated rings. The maximum Gasteiger partial charge on any atom is 0.416 e. The molecule has 0 aliphatic carbocycles. The van der Waals surface area contributed by atoms with Crippen LogP contribution in [0.15, 0.2) is 47.0 Å². The fourth-order valence-electron chi connectivity index (χ4n) is 2.70. The molecule has 30 heavy (non-hydrogen) atoms. The minimum atomic E-state index is -5.05. The number of alkyl halides is 6.